The van der Waals surface area contributed by atoms with Gasteiger partial charge in [-0.2, -0.15) is 0 Å². The van der Waals surface area contributed by atoms with Crippen molar-refractivity contribution in [1.82, 2.24) is 14.7 Å². The van der Waals surface area contributed by atoms with Crippen LogP contribution < -0.4 is 4.72 Å². The molecular formula is C10H9FN4O4S. The number of nitrogens with zero attached hydrogens (tertiary/aromatic N) is 2. The molecule has 0 amide bonds. The van der Waals surface area contributed by atoms with Crippen molar-refractivity contribution in [3.05, 3.63) is 52.3 Å². The Morgan fingerprint density at radius 3 is 2.80 bits per heavy atom. The SMILES string of the molecule is O=[N+]([O-])c1ccc(F)c(S(=O)(=O)NCc2ncc[nH]2)c1. The lowest BCUT2D eigenvalue weighted by Crippen LogP contribution is -2.24. The number of hydrogen-bond donors (Lipinski definition) is 2. The minimum Gasteiger partial charge on any atom is -0.347 e. The zero-order valence-corrected chi connectivity index (χ0v) is 10.7. The molecule has 1 heterocycles. The topological polar surface area (TPSA) is 118 Å². The summed E-state index contributed by atoms with van der Waals surface area (Å²) in [7, 11) is -4.21. The van der Waals surface area contributed by atoms with Crippen LogP contribution in [0.25, 0.3) is 0 Å². The third-order valence-electron chi connectivity index (χ3n) is 2.40. The number of non-ortho nitro benzene ring substituents is 1. The zero-order chi connectivity index (χ0) is 14.8. The third kappa shape index (κ3) is 2.97. The summed E-state index contributed by atoms with van der Waals surface area (Å²) >= 11 is 0. The Bertz CT molecular complexity index is 730. The standard InChI is InChI=1S/C10H9FN4O4S/c11-8-2-1-7(15(16)17)5-9(8)20(18,19)14-6-10-12-3-4-13-10/h1-5,14H,6H2,(H,12,13). The number of aromatic nitrogens is 2. The number of benzene rings is 1. The molecule has 106 valence electrons. The molecular weight excluding hydrogens is 291 g/mol. The Morgan fingerprint density at radius 1 is 1.45 bits per heavy atom. The summed E-state index contributed by atoms with van der Waals surface area (Å²) in [6, 6.07) is 2.29. The molecule has 0 unspecified atom stereocenters. The number of hydrogen-bond acceptors (Lipinski definition) is 5. The van der Waals surface area contributed by atoms with Gasteiger partial charge in [-0.25, -0.2) is 22.5 Å². The van der Waals surface area contributed by atoms with Gasteiger partial charge in [0, 0.05) is 24.5 Å². The molecule has 0 spiro atoms. The number of nitro groups is 1. The van der Waals surface area contributed by atoms with Crippen LogP contribution in [0, 0.1) is 15.9 Å². The average Bonchev–Trinajstić information content (AvgIpc) is 2.89. The number of aromatic amines is 1. The van der Waals surface area contributed by atoms with Crippen LogP contribution in [0.4, 0.5) is 10.1 Å². The molecule has 10 heteroatoms. The first-order valence-electron chi connectivity index (χ1n) is 5.32. The molecule has 0 saturated heterocycles. The Morgan fingerprint density at radius 2 is 2.20 bits per heavy atom. The number of imidazole rings is 1. The molecule has 0 aliphatic carbocycles. The van der Waals surface area contributed by atoms with E-state index in [1.54, 1.807) is 0 Å². The number of halogens is 1. The molecule has 20 heavy (non-hydrogen) atoms. The van der Waals surface area contributed by atoms with Gasteiger partial charge >= 0.3 is 0 Å². The van der Waals surface area contributed by atoms with Crippen molar-refractivity contribution in [2.24, 2.45) is 0 Å². The second-order valence-corrected chi connectivity index (χ2v) is 5.47. The number of H-pyrrole nitrogens is 1. The molecule has 1 aromatic carbocycles. The van der Waals surface area contributed by atoms with Crippen molar-refractivity contribution in [3.8, 4) is 0 Å². The van der Waals surface area contributed by atoms with Gasteiger partial charge in [-0.05, 0) is 6.07 Å². The van der Waals surface area contributed by atoms with E-state index in [9.17, 15) is 22.9 Å². The lowest BCUT2D eigenvalue weighted by Gasteiger charge is -2.06. The molecule has 2 N–H and O–H groups in total. The molecule has 0 aliphatic heterocycles. The summed E-state index contributed by atoms with van der Waals surface area (Å²) in [6.07, 6.45) is 2.93. The van der Waals surface area contributed by atoms with Crippen molar-refractivity contribution in [2.45, 2.75) is 11.4 Å². The summed E-state index contributed by atoms with van der Waals surface area (Å²) in [5.74, 6) is -0.734. The van der Waals surface area contributed by atoms with Crippen LogP contribution in [0.2, 0.25) is 0 Å². The normalized spacial score (nSPS) is 11.4. The van der Waals surface area contributed by atoms with Gasteiger partial charge in [0.25, 0.3) is 5.69 Å². The van der Waals surface area contributed by atoms with Crippen LogP contribution in [0.3, 0.4) is 0 Å². The van der Waals surface area contributed by atoms with E-state index in [1.165, 1.54) is 12.4 Å². The highest BCUT2D eigenvalue weighted by Gasteiger charge is 2.22. The monoisotopic (exact) mass is 300 g/mol. The van der Waals surface area contributed by atoms with Gasteiger partial charge in [0.1, 0.15) is 16.5 Å². The highest BCUT2D eigenvalue weighted by atomic mass is 32.2. The highest BCUT2D eigenvalue weighted by molar-refractivity contribution is 7.89. The molecule has 0 bridgehead atoms. The maximum Gasteiger partial charge on any atom is 0.270 e. The maximum atomic E-state index is 13.5. The fraction of sp³-hybridized carbons (Fsp3) is 0.100. The Kier molecular flexibility index (Phi) is 3.77. The quantitative estimate of drug-likeness (QED) is 0.629. The van der Waals surface area contributed by atoms with E-state index in [2.05, 4.69) is 14.7 Å². The molecule has 0 radical (unpaired) electrons. The molecule has 0 fully saturated rings. The third-order valence-corrected chi connectivity index (χ3v) is 3.82. The number of nitrogens with one attached hydrogen (secondary N) is 2. The van der Waals surface area contributed by atoms with E-state index in [4.69, 9.17) is 0 Å². The van der Waals surface area contributed by atoms with Crippen LogP contribution in [0.1, 0.15) is 5.82 Å². The minimum absolute atomic E-state index is 0.183. The first kappa shape index (κ1) is 14.1. The van der Waals surface area contributed by atoms with Gasteiger partial charge in [0.15, 0.2) is 0 Å². The van der Waals surface area contributed by atoms with Gasteiger partial charge in [-0.1, -0.05) is 0 Å². The molecule has 0 aliphatic rings. The lowest BCUT2D eigenvalue weighted by molar-refractivity contribution is -0.385. The molecule has 2 aromatic rings. The number of nitro benzene ring substituents is 1. The highest BCUT2D eigenvalue weighted by Crippen LogP contribution is 2.21. The molecule has 0 atom stereocenters. The summed E-state index contributed by atoms with van der Waals surface area (Å²) < 4.78 is 39.4. The minimum atomic E-state index is -4.21. The zero-order valence-electron chi connectivity index (χ0n) is 9.91. The predicted octanol–water partition coefficient (Wildman–Crippen LogP) is 0.935. The van der Waals surface area contributed by atoms with Crippen LogP contribution in [-0.2, 0) is 16.6 Å². The van der Waals surface area contributed by atoms with Gasteiger partial charge in [0.05, 0.1) is 11.5 Å². The molecule has 8 nitrogen and oxygen atoms in total. The van der Waals surface area contributed by atoms with Gasteiger partial charge < -0.3 is 4.98 Å². The van der Waals surface area contributed by atoms with Gasteiger partial charge in [0.2, 0.25) is 10.0 Å². The first-order valence-corrected chi connectivity index (χ1v) is 6.80. The second-order valence-electron chi connectivity index (χ2n) is 3.73. The fourth-order valence-electron chi connectivity index (χ4n) is 1.45. The van der Waals surface area contributed by atoms with Crippen LogP contribution in [0.15, 0.2) is 35.5 Å². The molecule has 0 saturated carbocycles. The van der Waals surface area contributed by atoms with Crippen molar-refractivity contribution < 1.29 is 17.7 Å². The summed E-state index contributed by atoms with van der Waals surface area (Å²) in [6.45, 7) is -0.183. The number of sulfonamides is 1. The fourth-order valence-corrected chi connectivity index (χ4v) is 2.53. The Hall–Kier alpha value is -2.33. The van der Waals surface area contributed by atoms with Crippen molar-refractivity contribution in [2.75, 3.05) is 0 Å². The van der Waals surface area contributed by atoms with E-state index >= 15 is 0 Å². The van der Waals surface area contributed by atoms with E-state index in [0.717, 1.165) is 12.1 Å². The maximum absolute atomic E-state index is 13.5. The van der Waals surface area contributed by atoms with Crippen LogP contribution in [0.5, 0.6) is 0 Å². The van der Waals surface area contributed by atoms with Crippen LogP contribution in [-0.4, -0.2) is 23.3 Å². The first-order chi connectivity index (χ1) is 9.40. The van der Waals surface area contributed by atoms with Gasteiger partial charge in [-0.3, -0.25) is 10.1 Å². The van der Waals surface area contributed by atoms with Gasteiger partial charge in [-0.15, -0.1) is 0 Å². The second kappa shape index (κ2) is 5.35. The smallest absolute Gasteiger partial charge is 0.270 e. The van der Waals surface area contributed by atoms with E-state index < -0.39 is 31.3 Å². The summed E-state index contributed by atoms with van der Waals surface area (Å²) in [4.78, 5) is 15.5. The van der Waals surface area contributed by atoms with E-state index in [-0.39, 0.29) is 6.54 Å². The Balaban J connectivity index is 2.28. The lowest BCUT2D eigenvalue weighted by atomic mass is 10.3. The van der Waals surface area contributed by atoms with Crippen molar-refractivity contribution in [3.63, 3.8) is 0 Å². The predicted molar refractivity (Wildman–Crippen MR) is 65.7 cm³/mol. The largest absolute Gasteiger partial charge is 0.347 e. The number of rotatable bonds is 5. The van der Waals surface area contributed by atoms with Crippen molar-refractivity contribution in [1.29, 1.82) is 0 Å². The van der Waals surface area contributed by atoms with Crippen LogP contribution >= 0.6 is 0 Å². The van der Waals surface area contributed by atoms with E-state index in [1.807, 2.05) is 0 Å². The molecule has 1 aromatic heterocycles. The summed E-state index contributed by atoms with van der Waals surface area (Å²) in [5.41, 5.74) is -0.509. The molecule has 2 rings (SSSR count). The van der Waals surface area contributed by atoms with Crippen molar-refractivity contribution >= 4 is 15.7 Å². The summed E-state index contributed by atoms with van der Waals surface area (Å²) in [5, 5.41) is 10.6. The Labute approximate surface area is 112 Å². The average molecular weight is 300 g/mol. The van der Waals surface area contributed by atoms with E-state index in [0.29, 0.717) is 11.9 Å².